The number of rotatable bonds is 19. The summed E-state index contributed by atoms with van der Waals surface area (Å²) < 4.78 is 5.32. The first-order valence-corrected chi connectivity index (χ1v) is 14.0. The van der Waals surface area contributed by atoms with Crippen molar-refractivity contribution < 1.29 is 9.53 Å². The van der Waals surface area contributed by atoms with Crippen molar-refractivity contribution in [1.82, 2.24) is 10.2 Å². The van der Waals surface area contributed by atoms with Gasteiger partial charge >= 0.3 is 6.09 Å². The molecule has 6 heteroatoms. The zero-order chi connectivity index (χ0) is 23.0. The monoisotopic (exact) mass is 468 g/mol. The van der Waals surface area contributed by atoms with Crippen molar-refractivity contribution in [2.75, 3.05) is 38.8 Å². The summed E-state index contributed by atoms with van der Waals surface area (Å²) in [6.07, 6.45) is 24.3. The van der Waals surface area contributed by atoms with Crippen LogP contribution >= 0.6 is 21.6 Å². The Labute approximate surface area is 199 Å². The first-order chi connectivity index (χ1) is 15.1. The van der Waals surface area contributed by atoms with Gasteiger partial charge in [0.25, 0.3) is 0 Å². The summed E-state index contributed by atoms with van der Waals surface area (Å²) in [4.78, 5) is 14.2. The second-order valence-corrected chi connectivity index (χ2v) is 10.1. The molecule has 0 aliphatic heterocycles. The van der Waals surface area contributed by atoms with E-state index < -0.39 is 0 Å². The minimum atomic E-state index is -0.320. The quantitative estimate of drug-likeness (QED) is 0.125. The number of likely N-dealkylation sites (N-methyl/N-ethyl adjacent to an activating group) is 1. The van der Waals surface area contributed by atoms with Crippen LogP contribution in [0.3, 0.4) is 0 Å². The van der Waals surface area contributed by atoms with E-state index in [2.05, 4.69) is 72.7 Å². The number of nitrogens with zero attached hydrogens (tertiary/aromatic N) is 1. The summed E-state index contributed by atoms with van der Waals surface area (Å²) in [6, 6.07) is 0.0833. The number of allylic oxidation sites excluding steroid dienone is 7. The second-order valence-electron chi connectivity index (χ2n) is 7.45. The SMILES string of the molecule is CC/C=C\C/C=C\CCCSSCC(CN(C)C)NC(=O)OCC/C=C\C/C=C\CC. The number of carbonyl (C=O) groups is 1. The number of alkyl carbamates (subject to hydrolysis) is 1. The van der Waals surface area contributed by atoms with E-state index >= 15 is 0 Å². The highest BCUT2D eigenvalue weighted by Gasteiger charge is 2.14. The van der Waals surface area contributed by atoms with Crippen LogP contribution in [0.15, 0.2) is 48.6 Å². The molecule has 0 aromatic rings. The maximum absolute atomic E-state index is 12.1. The van der Waals surface area contributed by atoms with E-state index in [-0.39, 0.29) is 12.1 Å². The molecule has 0 fully saturated rings. The van der Waals surface area contributed by atoms with Gasteiger partial charge in [-0.25, -0.2) is 4.79 Å². The average Bonchev–Trinajstić information content (AvgIpc) is 2.73. The van der Waals surface area contributed by atoms with Crippen LogP contribution in [-0.4, -0.2) is 55.8 Å². The summed E-state index contributed by atoms with van der Waals surface area (Å²) in [5.41, 5.74) is 0. The van der Waals surface area contributed by atoms with E-state index in [1.807, 2.05) is 35.7 Å². The van der Waals surface area contributed by atoms with Gasteiger partial charge in [-0.05, 0) is 59.0 Å². The van der Waals surface area contributed by atoms with Gasteiger partial charge in [0, 0.05) is 18.1 Å². The van der Waals surface area contributed by atoms with Crippen LogP contribution in [0.4, 0.5) is 4.79 Å². The fourth-order valence-electron chi connectivity index (χ4n) is 2.57. The molecule has 0 heterocycles. The number of carbonyl (C=O) groups excluding carboxylic acids is 1. The van der Waals surface area contributed by atoms with Gasteiger partial charge in [-0.15, -0.1) is 0 Å². The molecule has 0 aromatic heterocycles. The van der Waals surface area contributed by atoms with Gasteiger partial charge in [0.1, 0.15) is 0 Å². The minimum absolute atomic E-state index is 0.0833. The Balaban J connectivity index is 3.93. The van der Waals surface area contributed by atoms with Crippen LogP contribution in [-0.2, 0) is 4.74 Å². The lowest BCUT2D eigenvalue weighted by molar-refractivity contribution is 0.143. The third-order valence-electron chi connectivity index (χ3n) is 4.06. The Morgan fingerprint density at radius 2 is 1.52 bits per heavy atom. The van der Waals surface area contributed by atoms with Crippen molar-refractivity contribution in [2.45, 2.75) is 64.8 Å². The Morgan fingerprint density at radius 3 is 2.13 bits per heavy atom. The van der Waals surface area contributed by atoms with Gasteiger partial charge in [0.05, 0.1) is 12.6 Å². The van der Waals surface area contributed by atoms with Gasteiger partial charge in [-0.2, -0.15) is 0 Å². The predicted octanol–water partition coefficient (Wildman–Crippen LogP) is 7.02. The molecule has 1 N–H and O–H groups in total. The van der Waals surface area contributed by atoms with Crippen LogP contribution in [0.1, 0.15) is 58.8 Å². The fraction of sp³-hybridized carbons (Fsp3) is 0.640. The summed E-state index contributed by atoms with van der Waals surface area (Å²) in [7, 11) is 7.76. The first kappa shape index (κ1) is 29.9. The molecular formula is C25H44N2O2S2. The molecule has 178 valence electrons. The minimum Gasteiger partial charge on any atom is -0.449 e. The van der Waals surface area contributed by atoms with Crippen molar-refractivity contribution in [3.05, 3.63) is 48.6 Å². The Morgan fingerprint density at radius 1 is 0.903 bits per heavy atom. The third kappa shape index (κ3) is 23.4. The zero-order valence-corrected chi connectivity index (χ0v) is 21.7. The number of hydrogen-bond donors (Lipinski definition) is 1. The average molecular weight is 469 g/mol. The number of nitrogens with one attached hydrogen (secondary N) is 1. The van der Waals surface area contributed by atoms with Crippen LogP contribution < -0.4 is 5.32 Å². The molecule has 0 aromatic carbocycles. The van der Waals surface area contributed by atoms with E-state index in [9.17, 15) is 4.79 Å². The smallest absolute Gasteiger partial charge is 0.407 e. The number of unbranched alkanes of at least 4 members (excludes halogenated alkanes) is 1. The van der Waals surface area contributed by atoms with Crippen molar-refractivity contribution >= 4 is 27.7 Å². The molecular weight excluding hydrogens is 424 g/mol. The summed E-state index contributed by atoms with van der Waals surface area (Å²) in [6.45, 7) is 5.50. The van der Waals surface area contributed by atoms with Gasteiger partial charge in [-0.3, -0.25) is 0 Å². The number of amides is 1. The van der Waals surface area contributed by atoms with Crippen LogP contribution in [0.25, 0.3) is 0 Å². The van der Waals surface area contributed by atoms with E-state index in [1.165, 1.54) is 6.42 Å². The molecule has 1 unspecified atom stereocenters. The molecule has 4 nitrogen and oxygen atoms in total. The third-order valence-corrected chi connectivity index (χ3v) is 6.63. The highest BCUT2D eigenvalue weighted by Crippen LogP contribution is 2.23. The van der Waals surface area contributed by atoms with Crippen LogP contribution in [0.5, 0.6) is 0 Å². The fourth-order valence-corrected chi connectivity index (χ4v) is 4.91. The molecule has 0 bridgehead atoms. The Hall–Kier alpha value is -1.11. The molecule has 31 heavy (non-hydrogen) atoms. The molecule has 0 saturated heterocycles. The van der Waals surface area contributed by atoms with Crippen molar-refractivity contribution in [1.29, 1.82) is 0 Å². The molecule has 0 rings (SSSR count). The van der Waals surface area contributed by atoms with Crippen molar-refractivity contribution in [2.24, 2.45) is 0 Å². The summed E-state index contributed by atoms with van der Waals surface area (Å²) >= 11 is 0. The summed E-state index contributed by atoms with van der Waals surface area (Å²) in [5, 5.41) is 3.01. The lowest BCUT2D eigenvalue weighted by atomic mass is 10.2. The Bertz CT molecular complexity index is 532. The second kappa shape index (κ2) is 23.6. The summed E-state index contributed by atoms with van der Waals surface area (Å²) in [5.74, 6) is 2.00. The molecule has 0 aliphatic carbocycles. The van der Waals surface area contributed by atoms with Gasteiger partial charge in [0.15, 0.2) is 0 Å². The maximum atomic E-state index is 12.1. The topological polar surface area (TPSA) is 41.6 Å². The molecule has 1 atom stereocenters. The van der Waals surface area contributed by atoms with E-state index in [0.29, 0.717) is 6.61 Å². The van der Waals surface area contributed by atoms with Crippen LogP contribution in [0.2, 0.25) is 0 Å². The molecule has 0 radical (unpaired) electrons. The molecule has 0 saturated carbocycles. The highest BCUT2D eigenvalue weighted by molar-refractivity contribution is 8.76. The lowest BCUT2D eigenvalue weighted by Crippen LogP contribution is -2.43. The molecule has 1 amide bonds. The van der Waals surface area contributed by atoms with E-state index in [1.54, 1.807) is 0 Å². The molecule has 0 aliphatic rings. The first-order valence-electron chi connectivity index (χ1n) is 11.5. The van der Waals surface area contributed by atoms with Crippen LogP contribution in [0, 0.1) is 0 Å². The largest absolute Gasteiger partial charge is 0.449 e. The predicted molar refractivity (Wildman–Crippen MR) is 142 cm³/mol. The Kier molecular flexibility index (Phi) is 22.7. The molecule has 0 spiro atoms. The highest BCUT2D eigenvalue weighted by atomic mass is 33.1. The maximum Gasteiger partial charge on any atom is 0.407 e. The zero-order valence-electron chi connectivity index (χ0n) is 20.1. The van der Waals surface area contributed by atoms with E-state index in [0.717, 1.165) is 56.6 Å². The normalized spacial score (nSPS) is 13.3. The van der Waals surface area contributed by atoms with Crippen molar-refractivity contribution in [3.63, 3.8) is 0 Å². The van der Waals surface area contributed by atoms with E-state index in [4.69, 9.17) is 4.74 Å². The van der Waals surface area contributed by atoms with Gasteiger partial charge in [0.2, 0.25) is 0 Å². The standard InChI is InChI=1S/C25H44N2O2S2/c1-5-7-9-11-13-15-17-19-21-30-31-23-24(22-27(3)4)26-25(28)29-20-18-16-14-12-10-8-6-2/h7-10,13-16,24H,5-6,11-12,17-23H2,1-4H3,(H,26,28)/b9-7-,10-8-,15-13-,16-14-. The number of hydrogen-bond acceptors (Lipinski definition) is 5. The van der Waals surface area contributed by atoms with Crippen molar-refractivity contribution in [3.8, 4) is 0 Å². The number of ether oxygens (including phenoxy) is 1. The van der Waals surface area contributed by atoms with Gasteiger partial charge < -0.3 is 15.0 Å². The lowest BCUT2D eigenvalue weighted by Gasteiger charge is -2.21. The van der Waals surface area contributed by atoms with Gasteiger partial charge in [-0.1, -0.05) is 84.0 Å².